The van der Waals surface area contributed by atoms with Gasteiger partial charge < -0.3 is 11.1 Å². The highest BCUT2D eigenvalue weighted by atomic mass is 35.5. The molecule has 1 aromatic rings. The van der Waals surface area contributed by atoms with Gasteiger partial charge in [-0.2, -0.15) is 0 Å². The molecule has 0 spiro atoms. The van der Waals surface area contributed by atoms with Crippen molar-refractivity contribution in [2.24, 2.45) is 17.6 Å². The monoisotopic (exact) mass is 336 g/mol. The van der Waals surface area contributed by atoms with Gasteiger partial charge in [-0.25, -0.2) is 0 Å². The summed E-state index contributed by atoms with van der Waals surface area (Å²) in [5.74, 6) is 1.49. The number of benzene rings is 1. The molecule has 0 bridgehead atoms. The lowest BCUT2D eigenvalue weighted by Crippen LogP contribution is -2.42. The summed E-state index contributed by atoms with van der Waals surface area (Å²) in [6.45, 7) is 0.652. The average Bonchev–Trinajstić information content (AvgIpc) is 3.05. The quantitative estimate of drug-likeness (QED) is 0.882. The van der Waals surface area contributed by atoms with E-state index in [1.807, 2.05) is 0 Å². The van der Waals surface area contributed by atoms with Gasteiger partial charge >= 0.3 is 0 Å². The smallest absolute Gasteiger partial charge is 0.223 e. The molecule has 1 amide bonds. The van der Waals surface area contributed by atoms with Crippen LogP contribution in [0.4, 0.5) is 0 Å². The van der Waals surface area contributed by atoms with Gasteiger partial charge in [-0.3, -0.25) is 4.79 Å². The molecule has 3 N–H and O–H groups in total. The molecular formula is C19H29ClN2O. The minimum absolute atomic E-state index is 0. The van der Waals surface area contributed by atoms with E-state index in [9.17, 15) is 4.79 Å². The van der Waals surface area contributed by atoms with Crippen molar-refractivity contribution in [3.63, 3.8) is 0 Å². The molecule has 128 valence electrons. The summed E-state index contributed by atoms with van der Waals surface area (Å²) < 4.78 is 0. The molecule has 0 radical (unpaired) electrons. The standard InChI is InChI=1S/C19H28N2O.ClH/c20-13-16-7-4-8-18(16)19(22)21-17-11-9-15(10-12-17)14-5-2-1-3-6-14;/h1-3,5-6,15-18H,4,7-13,20H2,(H,21,22);1H/t15?,16-,17?,18-;/m1./s1. The maximum absolute atomic E-state index is 12.5. The Balaban J connectivity index is 0.00000192. The van der Waals surface area contributed by atoms with Crippen molar-refractivity contribution >= 4 is 18.3 Å². The molecule has 23 heavy (non-hydrogen) atoms. The number of hydrogen-bond donors (Lipinski definition) is 2. The molecule has 1 aromatic carbocycles. The molecule has 3 nitrogen and oxygen atoms in total. The first kappa shape index (κ1) is 18.3. The minimum Gasteiger partial charge on any atom is -0.353 e. The molecule has 2 fully saturated rings. The lowest BCUT2D eigenvalue weighted by Gasteiger charge is -2.30. The van der Waals surface area contributed by atoms with Crippen LogP contribution in [0.2, 0.25) is 0 Å². The predicted molar refractivity (Wildman–Crippen MR) is 96.7 cm³/mol. The second-order valence-corrected chi connectivity index (χ2v) is 7.00. The summed E-state index contributed by atoms with van der Waals surface area (Å²) >= 11 is 0. The first-order valence-corrected chi connectivity index (χ1v) is 8.83. The Morgan fingerprint density at radius 3 is 2.39 bits per heavy atom. The van der Waals surface area contributed by atoms with Crippen LogP contribution in [-0.2, 0) is 4.79 Å². The number of amides is 1. The number of rotatable bonds is 4. The van der Waals surface area contributed by atoms with Gasteiger partial charge in [0, 0.05) is 12.0 Å². The molecule has 3 rings (SSSR count). The van der Waals surface area contributed by atoms with E-state index in [2.05, 4.69) is 35.6 Å². The second-order valence-electron chi connectivity index (χ2n) is 7.00. The van der Waals surface area contributed by atoms with Gasteiger partial charge in [-0.05, 0) is 62.5 Å². The molecule has 0 aliphatic heterocycles. The molecule has 0 unspecified atom stereocenters. The molecule has 0 aromatic heterocycles. The van der Waals surface area contributed by atoms with Crippen molar-refractivity contribution in [3.8, 4) is 0 Å². The van der Waals surface area contributed by atoms with Crippen molar-refractivity contribution in [2.45, 2.75) is 56.9 Å². The Bertz CT molecular complexity index is 485. The maximum atomic E-state index is 12.5. The highest BCUT2D eigenvalue weighted by Gasteiger charge is 2.33. The lowest BCUT2D eigenvalue weighted by molar-refractivity contribution is -0.126. The third kappa shape index (κ3) is 4.48. The number of nitrogens with two attached hydrogens (primary N) is 1. The molecule has 4 heteroatoms. The number of nitrogens with one attached hydrogen (secondary N) is 1. The van der Waals surface area contributed by atoms with E-state index in [1.165, 1.54) is 18.4 Å². The fourth-order valence-electron chi connectivity index (χ4n) is 4.27. The normalized spacial score (nSPS) is 30.5. The zero-order valence-electron chi connectivity index (χ0n) is 13.7. The number of halogens is 1. The number of carbonyl (C=O) groups is 1. The fourth-order valence-corrected chi connectivity index (χ4v) is 4.27. The van der Waals surface area contributed by atoms with Crippen LogP contribution in [0, 0.1) is 11.8 Å². The maximum Gasteiger partial charge on any atom is 0.223 e. The van der Waals surface area contributed by atoms with Crippen molar-refractivity contribution in [1.29, 1.82) is 0 Å². The van der Waals surface area contributed by atoms with Crippen LogP contribution in [-0.4, -0.2) is 18.5 Å². The van der Waals surface area contributed by atoms with E-state index in [-0.39, 0.29) is 24.2 Å². The fraction of sp³-hybridized carbons (Fsp3) is 0.632. The summed E-state index contributed by atoms with van der Waals surface area (Å²) in [6.07, 6.45) is 7.86. The second kappa shape index (κ2) is 8.70. The summed E-state index contributed by atoms with van der Waals surface area (Å²) in [7, 11) is 0. The van der Waals surface area contributed by atoms with E-state index in [0.29, 0.717) is 24.4 Å². The van der Waals surface area contributed by atoms with E-state index in [1.54, 1.807) is 0 Å². The molecule has 2 saturated carbocycles. The van der Waals surface area contributed by atoms with Crippen LogP contribution in [0.25, 0.3) is 0 Å². The van der Waals surface area contributed by atoms with Crippen LogP contribution in [0.15, 0.2) is 30.3 Å². The average molecular weight is 337 g/mol. The van der Waals surface area contributed by atoms with Gasteiger partial charge in [0.15, 0.2) is 0 Å². The molecule has 0 saturated heterocycles. The van der Waals surface area contributed by atoms with Gasteiger partial charge in [-0.1, -0.05) is 36.8 Å². The summed E-state index contributed by atoms with van der Waals surface area (Å²) in [6, 6.07) is 11.1. The first-order valence-electron chi connectivity index (χ1n) is 8.83. The number of carbonyl (C=O) groups excluding carboxylic acids is 1. The van der Waals surface area contributed by atoms with Crippen molar-refractivity contribution < 1.29 is 4.79 Å². The van der Waals surface area contributed by atoms with Crippen LogP contribution in [0.5, 0.6) is 0 Å². The van der Waals surface area contributed by atoms with Crippen LogP contribution >= 0.6 is 12.4 Å². The summed E-state index contributed by atoms with van der Waals surface area (Å²) in [5.41, 5.74) is 7.25. The zero-order chi connectivity index (χ0) is 15.4. The third-order valence-electron chi connectivity index (χ3n) is 5.64. The third-order valence-corrected chi connectivity index (χ3v) is 5.64. The predicted octanol–water partition coefficient (Wildman–Crippen LogP) is 3.63. The Morgan fingerprint density at radius 1 is 1.04 bits per heavy atom. The van der Waals surface area contributed by atoms with Gasteiger partial charge in [0.05, 0.1) is 0 Å². The minimum atomic E-state index is 0. The van der Waals surface area contributed by atoms with Crippen LogP contribution < -0.4 is 11.1 Å². The Morgan fingerprint density at radius 2 is 1.74 bits per heavy atom. The topological polar surface area (TPSA) is 55.1 Å². The highest BCUT2D eigenvalue weighted by molar-refractivity contribution is 5.85. The van der Waals surface area contributed by atoms with E-state index < -0.39 is 0 Å². The van der Waals surface area contributed by atoms with E-state index in [4.69, 9.17) is 5.73 Å². The molecular weight excluding hydrogens is 308 g/mol. The van der Waals surface area contributed by atoms with Gasteiger partial charge in [0.1, 0.15) is 0 Å². The molecule has 2 aliphatic rings. The number of hydrogen-bond acceptors (Lipinski definition) is 2. The highest BCUT2D eigenvalue weighted by Crippen LogP contribution is 2.34. The van der Waals surface area contributed by atoms with Crippen molar-refractivity contribution in [2.75, 3.05) is 6.54 Å². The lowest BCUT2D eigenvalue weighted by atomic mass is 9.81. The van der Waals surface area contributed by atoms with Gasteiger partial charge in [0.2, 0.25) is 5.91 Å². The molecule has 2 aliphatic carbocycles. The van der Waals surface area contributed by atoms with E-state index in [0.717, 1.165) is 32.1 Å². The SMILES string of the molecule is Cl.NC[C@H]1CCC[C@H]1C(=O)NC1CCC(c2ccccc2)CC1. The van der Waals surface area contributed by atoms with E-state index >= 15 is 0 Å². The van der Waals surface area contributed by atoms with Gasteiger partial charge in [0.25, 0.3) is 0 Å². The summed E-state index contributed by atoms with van der Waals surface area (Å²) in [4.78, 5) is 12.5. The molecule has 0 heterocycles. The molecule has 2 atom stereocenters. The van der Waals surface area contributed by atoms with Gasteiger partial charge in [-0.15, -0.1) is 12.4 Å². The summed E-state index contributed by atoms with van der Waals surface area (Å²) in [5, 5.41) is 3.30. The van der Waals surface area contributed by atoms with Crippen LogP contribution in [0.1, 0.15) is 56.4 Å². The zero-order valence-corrected chi connectivity index (χ0v) is 14.6. The van der Waals surface area contributed by atoms with Crippen molar-refractivity contribution in [1.82, 2.24) is 5.32 Å². The Hall–Kier alpha value is -1.06. The Kier molecular flexibility index (Phi) is 6.91. The van der Waals surface area contributed by atoms with Crippen molar-refractivity contribution in [3.05, 3.63) is 35.9 Å². The van der Waals surface area contributed by atoms with Crippen LogP contribution in [0.3, 0.4) is 0 Å². The largest absolute Gasteiger partial charge is 0.353 e. The first-order chi connectivity index (χ1) is 10.8. The Labute approximate surface area is 145 Å².